The number of fused-ring (bicyclic) bond motifs is 1. The van der Waals surface area contributed by atoms with Gasteiger partial charge >= 0.3 is 0 Å². The minimum atomic E-state index is -3.55. The minimum Gasteiger partial charge on any atom is -0.368 e. The number of aromatic nitrogens is 3. The van der Waals surface area contributed by atoms with Crippen LogP contribution in [0.5, 0.6) is 0 Å². The Morgan fingerprint density at radius 2 is 2.00 bits per heavy atom. The number of hydrogen-bond acceptors (Lipinski definition) is 5. The molecule has 0 radical (unpaired) electrons. The molecule has 3 heterocycles. The van der Waals surface area contributed by atoms with Crippen LogP contribution in [0.1, 0.15) is 11.3 Å². The number of benzene rings is 1. The Morgan fingerprint density at radius 1 is 1.24 bits per heavy atom. The van der Waals surface area contributed by atoms with Crippen molar-refractivity contribution in [1.29, 1.82) is 0 Å². The molecule has 0 spiro atoms. The number of rotatable bonds is 5. The van der Waals surface area contributed by atoms with Crippen LogP contribution in [0.4, 0.5) is 5.69 Å². The Bertz CT molecular complexity index is 1170. The summed E-state index contributed by atoms with van der Waals surface area (Å²) in [4.78, 5) is 2.29. The third-order valence-electron chi connectivity index (χ3n) is 5.22. The Balaban J connectivity index is 1.62. The lowest BCUT2D eigenvalue weighted by Crippen LogP contribution is -2.43. The Labute approximate surface area is 175 Å². The number of piperazine rings is 1. The Kier molecular flexibility index (Phi) is 5.42. The molecule has 0 unspecified atom stereocenters. The van der Waals surface area contributed by atoms with Crippen LogP contribution < -0.4 is 10.2 Å². The van der Waals surface area contributed by atoms with Crippen LogP contribution in [0.15, 0.2) is 36.5 Å². The summed E-state index contributed by atoms with van der Waals surface area (Å²) in [6, 6.07) is 7.71. The predicted octanol–water partition coefficient (Wildman–Crippen LogP) is 2.64. The molecule has 3 aromatic rings. The number of halogens is 1. The molecule has 1 saturated heterocycles. The van der Waals surface area contributed by atoms with Gasteiger partial charge in [0.15, 0.2) is 0 Å². The molecular formula is C20H24ClN5O2S. The maximum absolute atomic E-state index is 13.0. The zero-order chi connectivity index (χ0) is 20.6. The van der Waals surface area contributed by atoms with E-state index in [0.29, 0.717) is 10.7 Å². The topological polar surface area (TPSA) is 72.2 Å². The first-order valence-electron chi connectivity index (χ1n) is 9.53. The SMILES string of the molecule is Cc1nn(C)c(Cl)c1C=CCS(=O)(=O)n1ccc2c(N3CCNCC3)cccc21. The van der Waals surface area contributed by atoms with Gasteiger partial charge in [-0.1, -0.05) is 29.8 Å². The molecule has 0 aliphatic carbocycles. The largest absolute Gasteiger partial charge is 0.368 e. The number of nitrogens with one attached hydrogen (secondary N) is 1. The first kappa shape index (κ1) is 20.0. The average molecular weight is 434 g/mol. The maximum Gasteiger partial charge on any atom is 0.242 e. The lowest BCUT2D eigenvalue weighted by atomic mass is 10.2. The van der Waals surface area contributed by atoms with Gasteiger partial charge < -0.3 is 10.2 Å². The molecule has 154 valence electrons. The van der Waals surface area contributed by atoms with Crippen molar-refractivity contribution in [2.75, 3.05) is 36.8 Å². The fourth-order valence-corrected chi connectivity index (χ4v) is 5.20. The molecule has 9 heteroatoms. The number of anilines is 1. The first-order valence-corrected chi connectivity index (χ1v) is 11.5. The summed E-state index contributed by atoms with van der Waals surface area (Å²) >= 11 is 6.22. The third-order valence-corrected chi connectivity index (χ3v) is 7.20. The van der Waals surface area contributed by atoms with Crippen LogP contribution in [0.2, 0.25) is 5.15 Å². The third kappa shape index (κ3) is 3.80. The zero-order valence-corrected chi connectivity index (χ0v) is 18.0. The van der Waals surface area contributed by atoms with Crippen molar-refractivity contribution in [2.45, 2.75) is 6.92 Å². The van der Waals surface area contributed by atoms with Crippen LogP contribution in [-0.2, 0) is 17.1 Å². The summed E-state index contributed by atoms with van der Waals surface area (Å²) in [5.41, 5.74) is 3.28. The van der Waals surface area contributed by atoms with Gasteiger partial charge in [0.1, 0.15) is 5.15 Å². The van der Waals surface area contributed by atoms with Gasteiger partial charge in [-0.15, -0.1) is 0 Å². The molecule has 0 saturated carbocycles. The molecule has 29 heavy (non-hydrogen) atoms. The van der Waals surface area contributed by atoms with Crippen molar-refractivity contribution in [2.24, 2.45) is 7.05 Å². The fraction of sp³-hybridized carbons (Fsp3) is 0.350. The second kappa shape index (κ2) is 7.85. The lowest BCUT2D eigenvalue weighted by molar-refractivity contribution is 0.590. The predicted molar refractivity (Wildman–Crippen MR) is 118 cm³/mol. The van der Waals surface area contributed by atoms with Crippen molar-refractivity contribution in [1.82, 2.24) is 19.1 Å². The highest BCUT2D eigenvalue weighted by molar-refractivity contribution is 7.90. The van der Waals surface area contributed by atoms with E-state index in [4.69, 9.17) is 11.6 Å². The minimum absolute atomic E-state index is 0.126. The number of aryl methyl sites for hydroxylation is 2. The van der Waals surface area contributed by atoms with Crippen LogP contribution in [-0.4, -0.2) is 54.1 Å². The van der Waals surface area contributed by atoms with Crippen LogP contribution >= 0.6 is 11.6 Å². The van der Waals surface area contributed by atoms with Crippen molar-refractivity contribution < 1.29 is 8.42 Å². The van der Waals surface area contributed by atoms with E-state index in [-0.39, 0.29) is 5.75 Å². The molecular weight excluding hydrogens is 410 g/mol. The smallest absolute Gasteiger partial charge is 0.242 e. The monoisotopic (exact) mass is 433 g/mol. The quantitative estimate of drug-likeness (QED) is 0.669. The van der Waals surface area contributed by atoms with E-state index < -0.39 is 10.0 Å². The molecule has 4 rings (SSSR count). The second-order valence-electron chi connectivity index (χ2n) is 7.15. The van der Waals surface area contributed by atoms with Gasteiger partial charge in [-0.3, -0.25) is 4.68 Å². The normalized spacial score (nSPS) is 15.6. The molecule has 1 N–H and O–H groups in total. The molecule has 7 nitrogen and oxygen atoms in total. The van der Waals surface area contributed by atoms with E-state index in [2.05, 4.69) is 21.4 Å². The van der Waals surface area contributed by atoms with Gasteiger partial charge in [-0.2, -0.15) is 5.10 Å². The van der Waals surface area contributed by atoms with E-state index in [1.807, 2.05) is 25.1 Å². The summed E-state index contributed by atoms with van der Waals surface area (Å²) in [5.74, 6) is -0.126. The molecule has 2 aromatic heterocycles. The summed E-state index contributed by atoms with van der Waals surface area (Å²) in [5, 5.41) is 9.02. The van der Waals surface area contributed by atoms with Gasteiger partial charge in [0.25, 0.3) is 0 Å². The number of hydrogen-bond donors (Lipinski definition) is 1. The van der Waals surface area contributed by atoms with Crippen LogP contribution in [0, 0.1) is 6.92 Å². The van der Waals surface area contributed by atoms with Gasteiger partial charge in [-0.25, -0.2) is 12.4 Å². The molecule has 1 fully saturated rings. The standard InChI is InChI=1S/C20H24ClN5O2S/c1-15-16(20(21)24(2)23-15)5-4-14-29(27,28)26-11-8-17-18(6-3-7-19(17)26)25-12-9-22-10-13-25/h3-8,11,22H,9-10,12-14H2,1-2H3. The van der Waals surface area contributed by atoms with E-state index in [0.717, 1.165) is 48.5 Å². The molecule has 0 atom stereocenters. The average Bonchev–Trinajstić information content (AvgIpc) is 3.25. The molecule has 1 aliphatic rings. The highest BCUT2D eigenvalue weighted by atomic mass is 35.5. The molecule has 1 aromatic carbocycles. The summed E-state index contributed by atoms with van der Waals surface area (Å²) < 4.78 is 28.9. The second-order valence-corrected chi connectivity index (χ2v) is 9.40. The van der Waals surface area contributed by atoms with Crippen LogP contribution in [0.3, 0.4) is 0 Å². The number of nitrogens with zero attached hydrogens (tertiary/aromatic N) is 4. The van der Waals surface area contributed by atoms with Crippen molar-refractivity contribution >= 4 is 44.3 Å². The van der Waals surface area contributed by atoms with Gasteiger partial charge in [0.2, 0.25) is 10.0 Å². The summed E-state index contributed by atoms with van der Waals surface area (Å²) in [6.45, 7) is 5.51. The van der Waals surface area contributed by atoms with E-state index in [1.165, 1.54) is 3.97 Å². The highest BCUT2D eigenvalue weighted by Gasteiger charge is 2.19. The van der Waals surface area contributed by atoms with Crippen molar-refractivity contribution in [3.8, 4) is 0 Å². The molecule has 0 amide bonds. The zero-order valence-electron chi connectivity index (χ0n) is 16.5. The first-order chi connectivity index (χ1) is 13.9. The molecule has 1 aliphatic heterocycles. The van der Waals surface area contributed by atoms with Gasteiger partial charge in [-0.05, 0) is 25.1 Å². The van der Waals surface area contributed by atoms with E-state index in [1.54, 1.807) is 30.1 Å². The summed E-state index contributed by atoms with van der Waals surface area (Å²) in [6.07, 6.45) is 4.99. The van der Waals surface area contributed by atoms with Crippen LogP contribution in [0.25, 0.3) is 17.0 Å². The van der Waals surface area contributed by atoms with Gasteiger partial charge in [0, 0.05) is 56.1 Å². The highest BCUT2D eigenvalue weighted by Crippen LogP contribution is 2.29. The maximum atomic E-state index is 13.0. The fourth-order valence-electron chi connectivity index (χ4n) is 3.75. The lowest BCUT2D eigenvalue weighted by Gasteiger charge is -2.30. The van der Waals surface area contributed by atoms with Crippen molar-refractivity contribution in [3.63, 3.8) is 0 Å². The van der Waals surface area contributed by atoms with E-state index in [9.17, 15) is 8.42 Å². The summed E-state index contributed by atoms with van der Waals surface area (Å²) in [7, 11) is -1.80. The molecule has 0 bridgehead atoms. The Hall–Kier alpha value is -2.29. The van der Waals surface area contributed by atoms with Crippen molar-refractivity contribution in [3.05, 3.63) is 52.9 Å². The Morgan fingerprint density at radius 3 is 2.69 bits per heavy atom. The van der Waals surface area contributed by atoms with E-state index >= 15 is 0 Å². The van der Waals surface area contributed by atoms with Gasteiger partial charge in [0.05, 0.1) is 17.0 Å².